The molecule has 1 saturated heterocycles. The van der Waals surface area contributed by atoms with Crippen LogP contribution in [0.25, 0.3) is 0 Å². The predicted molar refractivity (Wildman–Crippen MR) is 72.0 cm³/mol. The first kappa shape index (κ1) is 13.1. The van der Waals surface area contributed by atoms with Crippen molar-refractivity contribution in [1.82, 2.24) is 10.3 Å². The number of rotatable bonds is 3. The number of hydrogen-bond donors (Lipinski definition) is 3. The minimum atomic E-state index is -0.340. The van der Waals surface area contributed by atoms with E-state index in [4.69, 9.17) is 10.5 Å². The molecule has 1 fully saturated rings. The monoisotopic (exact) mass is 270 g/mol. The minimum Gasteiger partial charge on any atom is -0.382 e. The van der Waals surface area contributed by atoms with Crippen LogP contribution in [-0.4, -0.2) is 36.2 Å². The zero-order valence-electron chi connectivity index (χ0n) is 10.7. The van der Waals surface area contributed by atoms with Gasteiger partial charge in [-0.15, -0.1) is 0 Å². The number of amides is 1. The van der Waals surface area contributed by atoms with Crippen LogP contribution in [-0.2, 0) is 4.74 Å². The van der Waals surface area contributed by atoms with E-state index >= 15 is 0 Å². The van der Waals surface area contributed by atoms with Gasteiger partial charge in [-0.1, -0.05) is 11.3 Å². The molecule has 0 aliphatic carbocycles. The minimum absolute atomic E-state index is 0.000587. The van der Waals surface area contributed by atoms with Gasteiger partial charge in [0.1, 0.15) is 10.7 Å². The normalized spacial score (nSPS) is 27.2. The topological polar surface area (TPSA) is 89.3 Å². The van der Waals surface area contributed by atoms with Gasteiger partial charge in [0.15, 0.2) is 5.13 Å². The van der Waals surface area contributed by atoms with E-state index in [1.807, 2.05) is 13.8 Å². The Morgan fingerprint density at radius 2 is 2.39 bits per heavy atom. The molecule has 1 aromatic heterocycles. The van der Waals surface area contributed by atoms with E-state index in [-0.39, 0.29) is 23.4 Å². The molecule has 6 nitrogen and oxygen atoms in total. The number of ether oxygens (including phenoxy) is 1. The molecule has 18 heavy (non-hydrogen) atoms. The molecular weight excluding hydrogens is 252 g/mol. The molecule has 1 aromatic rings. The summed E-state index contributed by atoms with van der Waals surface area (Å²) in [7, 11) is 1.74. The summed E-state index contributed by atoms with van der Waals surface area (Å²) in [6.45, 7) is 4.61. The summed E-state index contributed by atoms with van der Waals surface area (Å²) in [4.78, 5) is 16.7. The zero-order valence-corrected chi connectivity index (χ0v) is 11.6. The number of nitrogens with two attached hydrogens (primary N) is 1. The molecule has 0 radical (unpaired) electrons. The molecule has 4 N–H and O–H groups in total. The maximum absolute atomic E-state index is 12.2. The first-order chi connectivity index (χ1) is 8.46. The van der Waals surface area contributed by atoms with E-state index < -0.39 is 0 Å². The zero-order chi connectivity index (χ0) is 13.3. The van der Waals surface area contributed by atoms with E-state index in [1.165, 1.54) is 11.3 Å². The van der Waals surface area contributed by atoms with Gasteiger partial charge in [0.2, 0.25) is 0 Å². The molecule has 2 atom stereocenters. The summed E-state index contributed by atoms with van der Waals surface area (Å²) in [6.07, 6.45) is 0.802. The second-order valence-corrected chi connectivity index (χ2v) is 5.62. The lowest BCUT2D eigenvalue weighted by atomic mass is 9.94. The van der Waals surface area contributed by atoms with E-state index in [0.29, 0.717) is 16.6 Å². The summed E-state index contributed by atoms with van der Waals surface area (Å²) >= 11 is 1.25. The lowest BCUT2D eigenvalue weighted by molar-refractivity contribution is 0.0730. The molecule has 7 heteroatoms. The van der Waals surface area contributed by atoms with E-state index in [9.17, 15) is 4.79 Å². The molecule has 100 valence electrons. The van der Waals surface area contributed by atoms with E-state index in [1.54, 1.807) is 7.05 Å². The number of carbonyl (C=O) groups excluding carboxylic acids is 1. The maximum Gasteiger partial charge on any atom is 0.265 e. The highest BCUT2D eigenvalue weighted by atomic mass is 32.1. The third-order valence-corrected chi connectivity index (χ3v) is 4.45. The number of hydrogen-bond acceptors (Lipinski definition) is 6. The number of nitrogens with one attached hydrogen (secondary N) is 2. The molecule has 0 bridgehead atoms. The number of nitrogen functional groups attached to an aromatic ring is 1. The molecule has 0 aromatic carbocycles. The number of carbonyl (C=O) groups is 1. The molecular formula is C11H18N4O2S. The Morgan fingerprint density at radius 3 is 2.89 bits per heavy atom. The fraction of sp³-hybridized carbons (Fsp3) is 0.636. The molecule has 2 heterocycles. The first-order valence-electron chi connectivity index (χ1n) is 5.84. The van der Waals surface area contributed by atoms with Crippen LogP contribution in [0.15, 0.2) is 0 Å². The van der Waals surface area contributed by atoms with Crippen molar-refractivity contribution in [2.75, 3.05) is 24.7 Å². The quantitative estimate of drug-likeness (QED) is 0.764. The Bertz CT molecular complexity index is 462. The average Bonchev–Trinajstić information content (AvgIpc) is 2.84. The van der Waals surface area contributed by atoms with Crippen molar-refractivity contribution in [1.29, 1.82) is 0 Å². The third kappa shape index (κ3) is 2.28. The van der Waals surface area contributed by atoms with Gasteiger partial charge in [0.05, 0.1) is 11.6 Å². The van der Waals surface area contributed by atoms with Crippen LogP contribution >= 0.6 is 11.3 Å². The van der Waals surface area contributed by atoms with Crippen LogP contribution in [0.3, 0.4) is 0 Å². The largest absolute Gasteiger partial charge is 0.382 e. The summed E-state index contributed by atoms with van der Waals surface area (Å²) in [5.74, 6) is 0.0726. The van der Waals surface area contributed by atoms with Crippen LogP contribution in [0.1, 0.15) is 29.9 Å². The van der Waals surface area contributed by atoms with Crippen LogP contribution in [0, 0.1) is 0 Å². The second-order valence-electron chi connectivity index (χ2n) is 4.62. The van der Waals surface area contributed by atoms with Crippen LogP contribution in [0.5, 0.6) is 0 Å². The summed E-state index contributed by atoms with van der Waals surface area (Å²) in [5.41, 5.74) is 5.40. The predicted octanol–water partition coefficient (Wildman–Crippen LogP) is 1.06. The fourth-order valence-corrected chi connectivity index (χ4v) is 2.65. The van der Waals surface area contributed by atoms with E-state index in [2.05, 4.69) is 15.6 Å². The van der Waals surface area contributed by atoms with Crippen LogP contribution in [0.4, 0.5) is 10.9 Å². The standard InChI is InChI=1S/C11H18N4O2S/c1-6-11(2,4-5-17-6)15-9(16)7-8(12)14-10(13-3)18-7/h6H,4-5,12H2,1-3H3,(H,13,14)(H,15,16). The number of thiazole rings is 1. The smallest absolute Gasteiger partial charge is 0.265 e. The highest BCUT2D eigenvalue weighted by Gasteiger charge is 2.39. The molecule has 0 spiro atoms. The van der Waals surface area contributed by atoms with Gasteiger partial charge >= 0.3 is 0 Å². The Hall–Kier alpha value is -1.34. The molecule has 2 rings (SSSR count). The summed E-state index contributed by atoms with van der Waals surface area (Å²) in [6, 6.07) is 0. The van der Waals surface area contributed by atoms with Gasteiger partial charge < -0.3 is 21.1 Å². The first-order valence-corrected chi connectivity index (χ1v) is 6.66. The Kier molecular flexibility index (Phi) is 3.45. The Labute approximate surface area is 110 Å². The van der Waals surface area contributed by atoms with E-state index in [0.717, 1.165) is 6.42 Å². The fourth-order valence-electron chi connectivity index (χ4n) is 1.92. The van der Waals surface area contributed by atoms with Gasteiger partial charge in [0.25, 0.3) is 5.91 Å². The highest BCUT2D eigenvalue weighted by Crippen LogP contribution is 2.28. The maximum atomic E-state index is 12.2. The van der Waals surface area contributed by atoms with Crippen molar-refractivity contribution in [3.8, 4) is 0 Å². The Morgan fingerprint density at radius 1 is 1.67 bits per heavy atom. The van der Waals surface area contributed by atoms with Crippen molar-refractivity contribution in [3.63, 3.8) is 0 Å². The number of aromatic nitrogens is 1. The van der Waals surface area contributed by atoms with Crippen molar-refractivity contribution >= 4 is 28.2 Å². The summed E-state index contributed by atoms with van der Waals surface area (Å²) < 4.78 is 5.49. The van der Waals surface area contributed by atoms with Crippen molar-refractivity contribution in [2.24, 2.45) is 0 Å². The molecule has 2 unspecified atom stereocenters. The SMILES string of the molecule is CNc1nc(N)c(C(=O)NC2(C)CCOC2C)s1. The van der Waals surface area contributed by atoms with Crippen LogP contribution < -0.4 is 16.4 Å². The van der Waals surface area contributed by atoms with Crippen molar-refractivity contribution < 1.29 is 9.53 Å². The summed E-state index contributed by atoms with van der Waals surface area (Å²) in [5, 5.41) is 6.51. The molecule has 1 aliphatic rings. The lowest BCUT2D eigenvalue weighted by Crippen LogP contribution is -2.50. The van der Waals surface area contributed by atoms with Gasteiger partial charge in [-0.25, -0.2) is 4.98 Å². The highest BCUT2D eigenvalue weighted by molar-refractivity contribution is 7.18. The van der Waals surface area contributed by atoms with Gasteiger partial charge in [0, 0.05) is 13.7 Å². The number of nitrogens with zero attached hydrogens (tertiary/aromatic N) is 1. The van der Waals surface area contributed by atoms with Gasteiger partial charge in [-0.2, -0.15) is 0 Å². The van der Waals surface area contributed by atoms with Crippen LogP contribution in [0.2, 0.25) is 0 Å². The molecule has 0 saturated carbocycles. The second kappa shape index (κ2) is 4.74. The molecule has 1 aliphatic heterocycles. The van der Waals surface area contributed by atoms with Gasteiger partial charge in [-0.3, -0.25) is 4.79 Å². The molecule has 1 amide bonds. The number of anilines is 2. The average molecular weight is 270 g/mol. The van der Waals surface area contributed by atoms with Gasteiger partial charge in [-0.05, 0) is 20.3 Å². The van der Waals surface area contributed by atoms with Crippen molar-refractivity contribution in [2.45, 2.75) is 31.9 Å². The van der Waals surface area contributed by atoms with Crippen molar-refractivity contribution in [3.05, 3.63) is 4.88 Å². The third-order valence-electron chi connectivity index (χ3n) is 3.36. The lowest BCUT2D eigenvalue weighted by Gasteiger charge is -2.28. The Balaban J connectivity index is 2.14.